The maximum atomic E-state index is 9.34. The van der Waals surface area contributed by atoms with Crippen molar-refractivity contribution in [3.05, 3.63) is 124 Å². The second kappa shape index (κ2) is 12.2. The molecule has 2 atom stereocenters. The van der Waals surface area contributed by atoms with Crippen LogP contribution in [0.1, 0.15) is 102 Å². The van der Waals surface area contributed by atoms with Crippen LogP contribution in [-0.2, 0) is 43.1 Å². The average Bonchev–Trinajstić information content (AvgIpc) is 3.61. The molecule has 0 spiro atoms. The van der Waals surface area contributed by atoms with Gasteiger partial charge in [-0.15, -0.1) is 29.8 Å². The van der Waals surface area contributed by atoms with Gasteiger partial charge in [0, 0.05) is 55.0 Å². The maximum absolute atomic E-state index is 9.34. The van der Waals surface area contributed by atoms with Crippen molar-refractivity contribution in [2.75, 3.05) is 0 Å². The van der Waals surface area contributed by atoms with Crippen molar-refractivity contribution in [1.29, 1.82) is 0 Å². The predicted octanol–water partition coefficient (Wildman–Crippen LogP) is 10.3. The minimum absolute atomic E-state index is 0. The SMILES string of the molecule is [2H]C1([2H])c2c(cnc(C)c2C)[C@@]2(C)N=C(c3[c-]c(Oc4[c-]c(-n5c6ccc(C(C)(C)C)cc6c6cccnc65)cc(C)c4)cc(C(C)C)c3)O[C@@]12C.[Pt+2]. The molecule has 7 heteroatoms. The van der Waals surface area contributed by atoms with Gasteiger partial charge in [-0.2, -0.15) is 5.56 Å². The number of hydrogen-bond acceptors (Lipinski definition) is 5. The predicted molar refractivity (Wildman–Crippen MR) is 201 cm³/mol. The summed E-state index contributed by atoms with van der Waals surface area (Å²) in [7, 11) is 0. The van der Waals surface area contributed by atoms with Crippen LogP contribution in [0.25, 0.3) is 27.6 Å². The first-order valence-corrected chi connectivity index (χ1v) is 17.4. The monoisotopic (exact) mass is 857 g/mol. The van der Waals surface area contributed by atoms with E-state index in [4.69, 9.17) is 19.5 Å². The van der Waals surface area contributed by atoms with Crippen molar-refractivity contribution in [3.63, 3.8) is 0 Å². The Balaban J connectivity index is 0.00000435. The van der Waals surface area contributed by atoms with Crippen LogP contribution in [-0.4, -0.2) is 26.0 Å². The number of aryl methyl sites for hydroxylation is 2. The number of benzene rings is 3. The molecule has 0 bridgehead atoms. The molecule has 0 unspecified atom stereocenters. The third-order valence-corrected chi connectivity index (χ3v) is 10.6. The fraction of sp³-hybridized carbons (Fsp3) is 0.341. The summed E-state index contributed by atoms with van der Waals surface area (Å²) in [5.74, 6) is 1.55. The summed E-state index contributed by atoms with van der Waals surface area (Å²) in [5, 5.41) is 2.23. The maximum Gasteiger partial charge on any atom is 2.00 e. The molecule has 0 fully saturated rings. The number of hydrogen-bond donors (Lipinski definition) is 0. The average molecular weight is 858 g/mol. The van der Waals surface area contributed by atoms with E-state index < -0.39 is 17.5 Å². The van der Waals surface area contributed by atoms with E-state index in [0.717, 1.165) is 55.6 Å². The smallest absolute Gasteiger partial charge is 0.511 e. The number of nitrogens with zero attached hydrogens (tertiary/aromatic N) is 4. The zero-order valence-corrected chi connectivity index (χ0v) is 33.1. The minimum Gasteiger partial charge on any atom is -0.511 e. The third kappa shape index (κ3) is 5.62. The summed E-state index contributed by atoms with van der Waals surface area (Å²) in [4.78, 5) is 14.6. The van der Waals surface area contributed by atoms with Crippen LogP contribution in [0.3, 0.4) is 0 Å². The van der Waals surface area contributed by atoms with Gasteiger partial charge < -0.3 is 14.0 Å². The fourth-order valence-corrected chi connectivity index (χ4v) is 7.26. The first kappa shape index (κ1) is 32.6. The molecule has 2 aliphatic rings. The largest absolute Gasteiger partial charge is 2.00 e. The van der Waals surface area contributed by atoms with Gasteiger partial charge in [0.1, 0.15) is 22.7 Å². The molecule has 0 saturated carbocycles. The van der Waals surface area contributed by atoms with Gasteiger partial charge in [0.2, 0.25) is 0 Å². The summed E-state index contributed by atoms with van der Waals surface area (Å²) in [6.07, 6.45) is 1.79. The Bertz CT molecular complexity index is 2500. The summed E-state index contributed by atoms with van der Waals surface area (Å²) in [6.45, 7) is 20.6. The number of aromatic nitrogens is 3. The molecule has 0 radical (unpaired) electrons. The van der Waals surface area contributed by atoms with E-state index in [2.05, 4.69) is 86.6 Å². The molecule has 1 aliphatic heterocycles. The molecule has 0 N–H and O–H groups in total. The van der Waals surface area contributed by atoms with Crippen LogP contribution in [0.2, 0.25) is 0 Å². The number of fused-ring (bicyclic) bond motifs is 6. The molecule has 1 aliphatic carbocycles. The first-order valence-electron chi connectivity index (χ1n) is 18.4. The Labute approximate surface area is 318 Å². The molecule has 0 amide bonds. The van der Waals surface area contributed by atoms with Gasteiger partial charge in [-0.1, -0.05) is 71.0 Å². The molecule has 6 nitrogen and oxygen atoms in total. The van der Waals surface area contributed by atoms with E-state index in [1.165, 1.54) is 5.56 Å². The normalized spacial score (nSPS) is 21.1. The number of rotatable bonds is 5. The molecule has 3 aromatic heterocycles. The topological polar surface area (TPSA) is 61.5 Å². The molecule has 0 saturated heterocycles. The standard InChI is InChI=1S/C44H44N4O2.Pt/c1-25(2)29-18-30(41-47-44(10)38-24-46-28(5)27(4)37(38)23-43(44,9)50-41)20-34(19-29)49-33-17-26(3)16-32(22-33)48-39-14-13-31(42(6,7)8)21-36(39)35-12-11-15-45-40(35)48;/h11-19,21,24-25H,23H2,1-10H3;/q-2;+2/t43-,44+;/m0./s1/i23D2;. The number of ether oxygens (including phenoxy) is 2. The van der Waals surface area contributed by atoms with Crippen molar-refractivity contribution in [3.8, 4) is 17.2 Å². The summed E-state index contributed by atoms with van der Waals surface area (Å²) in [6, 6.07) is 25.8. The van der Waals surface area contributed by atoms with Gasteiger partial charge in [-0.05, 0) is 80.0 Å². The zero-order valence-electron chi connectivity index (χ0n) is 32.8. The van der Waals surface area contributed by atoms with Crippen molar-refractivity contribution < 1.29 is 33.3 Å². The van der Waals surface area contributed by atoms with E-state index in [9.17, 15) is 2.74 Å². The number of aliphatic imine (C=N–C) groups is 1. The van der Waals surface area contributed by atoms with Gasteiger partial charge in [-0.3, -0.25) is 9.98 Å². The summed E-state index contributed by atoms with van der Waals surface area (Å²) < 4.78 is 34.1. The van der Waals surface area contributed by atoms with Crippen LogP contribution in [0.15, 0.2) is 72.0 Å². The first-order chi connectivity index (χ1) is 24.4. The molecule has 51 heavy (non-hydrogen) atoms. The van der Waals surface area contributed by atoms with Crippen LogP contribution in [0.5, 0.6) is 11.5 Å². The second-order valence-corrected chi connectivity index (χ2v) is 15.6. The van der Waals surface area contributed by atoms with Crippen LogP contribution in [0.4, 0.5) is 0 Å². The van der Waals surface area contributed by atoms with Crippen LogP contribution in [0, 0.1) is 32.9 Å². The third-order valence-electron chi connectivity index (χ3n) is 10.6. The summed E-state index contributed by atoms with van der Waals surface area (Å²) in [5.41, 5.74) is 7.40. The van der Waals surface area contributed by atoms with Gasteiger partial charge >= 0.3 is 21.1 Å². The Morgan fingerprint density at radius 3 is 2.47 bits per heavy atom. The Morgan fingerprint density at radius 2 is 1.73 bits per heavy atom. The quantitative estimate of drug-likeness (QED) is 0.162. The van der Waals surface area contributed by atoms with Gasteiger partial charge in [-0.25, -0.2) is 4.98 Å². The summed E-state index contributed by atoms with van der Waals surface area (Å²) >= 11 is 0. The van der Waals surface area contributed by atoms with Gasteiger partial charge in [0.15, 0.2) is 0 Å². The van der Waals surface area contributed by atoms with E-state index in [-0.39, 0.29) is 32.4 Å². The molecule has 6 aromatic rings. The van der Waals surface area contributed by atoms with E-state index in [1.807, 2.05) is 65.1 Å². The minimum atomic E-state index is -1.81. The number of pyridine rings is 2. The van der Waals surface area contributed by atoms with Gasteiger partial charge in [0.25, 0.3) is 0 Å². The van der Waals surface area contributed by atoms with Crippen molar-refractivity contribution in [1.82, 2.24) is 14.5 Å². The molecule has 4 heterocycles. The molecule has 8 rings (SSSR count). The molecular formula is C44H44N4O2Pt. The van der Waals surface area contributed by atoms with Crippen molar-refractivity contribution in [2.24, 2.45) is 4.99 Å². The second-order valence-electron chi connectivity index (χ2n) is 15.6. The van der Waals surface area contributed by atoms with E-state index in [0.29, 0.717) is 28.5 Å². The molecular weight excluding hydrogens is 812 g/mol. The van der Waals surface area contributed by atoms with Crippen LogP contribution < -0.4 is 4.74 Å². The Hall–Kier alpha value is -4.28. The Kier molecular flexibility index (Phi) is 7.77. The van der Waals surface area contributed by atoms with E-state index >= 15 is 0 Å². The fourth-order valence-electron chi connectivity index (χ4n) is 7.26. The van der Waals surface area contributed by atoms with Gasteiger partial charge in [0.05, 0.1) is 5.52 Å². The van der Waals surface area contributed by atoms with Crippen molar-refractivity contribution >= 4 is 27.8 Å². The van der Waals surface area contributed by atoms with E-state index in [1.54, 1.807) is 6.20 Å². The molecule has 262 valence electrons. The molecule has 3 aromatic carbocycles. The van der Waals surface area contributed by atoms with Crippen molar-refractivity contribution in [2.45, 2.75) is 98.1 Å². The Morgan fingerprint density at radius 1 is 0.961 bits per heavy atom. The van der Waals surface area contributed by atoms with Crippen LogP contribution >= 0.6 is 0 Å². The zero-order chi connectivity index (χ0) is 37.1.